The van der Waals surface area contributed by atoms with E-state index in [1.807, 2.05) is 41.0 Å². The number of nitrogens with zero attached hydrogens (tertiary/aromatic N) is 3. The molecule has 0 radical (unpaired) electrons. The molecule has 0 atom stereocenters. The SMILES string of the molecule is CCCCc1nnc(-c2cc3ccccc3n2CC(=O)NCc2ccco2)o1. The standard InChI is InChI=1S/C21H22N4O3/c1-2-3-10-20-23-24-21(28-20)18-12-15-7-4-5-9-17(15)25(18)14-19(26)22-13-16-8-6-11-27-16/h4-9,11-12H,2-3,10,13-14H2,1H3,(H,22,26). The summed E-state index contributed by atoms with van der Waals surface area (Å²) < 4.78 is 13.0. The first kappa shape index (κ1) is 18.0. The number of unbranched alkanes of at least 4 members (excludes halogenated alkanes) is 1. The van der Waals surface area contributed by atoms with Gasteiger partial charge in [0.25, 0.3) is 5.89 Å². The lowest BCUT2D eigenvalue weighted by Crippen LogP contribution is -2.27. The topological polar surface area (TPSA) is 86.1 Å². The Kier molecular flexibility index (Phi) is 5.23. The van der Waals surface area contributed by atoms with Crippen molar-refractivity contribution in [1.29, 1.82) is 0 Å². The van der Waals surface area contributed by atoms with Crippen LogP contribution in [0.15, 0.2) is 57.6 Å². The number of amides is 1. The van der Waals surface area contributed by atoms with Gasteiger partial charge in [-0.1, -0.05) is 31.5 Å². The Labute approximate surface area is 162 Å². The third kappa shape index (κ3) is 3.83. The van der Waals surface area contributed by atoms with Crippen molar-refractivity contribution in [3.63, 3.8) is 0 Å². The van der Waals surface area contributed by atoms with Gasteiger partial charge in [-0.25, -0.2) is 0 Å². The largest absolute Gasteiger partial charge is 0.467 e. The Balaban J connectivity index is 1.60. The molecule has 3 heterocycles. The van der Waals surface area contributed by atoms with E-state index >= 15 is 0 Å². The number of hydrogen-bond acceptors (Lipinski definition) is 5. The fraction of sp³-hybridized carbons (Fsp3) is 0.286. The number of rotatable bonds is 8. The average Bonchev–Trinajstić information content (AvgIpc) is 3.45. The van der Waals surface area contributed by atoms with Gasteiger partial charge in [0.05, 0.1) is 12.8 Å². The molecule has 0 saturated heterocycles. The van der Waals surface area contributed by atoms with Gasteiger partial charge in [-0.3, -0.25) is 4.79 Å². The zero-order chi connectivity index (χ0) is 19.3. The van der Waals surface area contributed by atoms with Crippen LogP contribution in [0.5, 0.6) is 0 Å². The monoisotopic (exact) mass is 378 g/mol. The molecule has 0 spiro atoms. The highest BCUT2D eigenvalue weighted by Crippen LogP contribution is 2.27. The molecule has 1 amide bonds. The number of hydrogen-bond donors (Lipinski definition) is 1. The number of furan rings is 1. The molecule has 0 aliphatic rings. The molecule has 0 aliphatic carbocycles. The van der Waals surface area contributed by atoms with E-state index in [1.165, 1.54) is 0 Å². The second-order valence-electron chi connectivity index (χ2n) is 6.64. The van der Waals surface area contributed by atoms with Crippen LogP contribution in [0, 0.1) is 0 Å². The van der Waals surface area contributed by atoms with Gasteiger partial charge in [0, 0.05) is 17.3 Å². The lowest BCUT2D eigenvalue weighted by molar-refractivity contribution is -0.121. The first-order valence-electron chi connectivity index (χ1n) is 9.44. The van der Waals surface area contributed by atoms with Gasteiger partial charge in [0.15, 0.2) is 0 Å². The summed E-state index contributed by atoms with van der Waals surface area (Å²) in [5.41, 5.74) is 1.68. The Hall–Kier alpha value is -3.35. The molecule has 4 rings (SSSR count). The number of benzene rings is 1. The zero-order valence-electron chi connectivity index (χ0n) is 15.7. The highest BCUT2D eigenvalue weighted by molar-refractivity contribution is 5.88. The number of carbonyl (C=O) groups excluding carboxylic acids is 1. The molecule has 28 heavy (non-hydrogen) atoms. The van der Waals surface area contributed by atoms with Crippen LogP contribution < -0.4 is 5.32 Å². The van der Waals surface area contributed by atoms with Crippen molar-refractivity contribution in [2.75, 3.05) is 0 Å². The molecule has 4 aromatic rings. The molecule has 3 aromatic heterocycles. The number of aromatic nitrogens is 3. The van der Waals surface area contributed by atoms with Crippen molar-refractivity contribution in [1.82, 2.24) is 20.1 Å². The number of carbonyl (C=O) groups is 1. The minimum atomic E-state index is -0.121. The van der Waals surface area contributed by atoms with Crippen molar-refractivity contribution in [2.45, 2.75) is 39.3 Å². The molecule has 1 N–H and O–H groups in total. The zero-order valence-corrected chi connectivity index (χ0v) is 15.7. The summed E-state index contributed by atoms with van der Waals surface area (Å²) in [5, 5.41) is 12.3. The van der Waals surface area contributed by atoms with E-state index in [4.69, 9.17) is 8.83 Å². The summed E-state index contributed by atoms with van der Waals surface area (Å²) in [5.74, 6) is 1.64. The Bertz CT molecular complexity index is 1060. The molecule has 1 aromatic carbocycles. The summed E-state index contributed by atoms with van der Waals surface area (Å²) in [6.07, 6.45) is 4.41. The fourth-order valence-electron chi connectivity index (χ4n) is 3.14. The maximum Gasteiger partial charge on any atom is 0.264 e. The molecular weight excluding hydrogens is 356 g/mol. The van der Waals surface area contributed by atoms with Crippen molar-refractivity contribution in [3.8, 4) is 11.6 Å². The third-order valence-electron chi connectivity index (χ3n) is 4.58. The molecule has 0 bridgehead atoms. The minimum Gasteiger partial charge on any atom is -0.467 e. The van der Waals surface area contributed by atoms with Crippen LogP contribution in [0.2, 0.25) is 0 Å². The van der Waals surface area contributed by atoms with Crippen LogP contribution in [0.4, 0.5) is 0 Å². The molecule has 7 nitrogen and oxygen atoms in total. The van der Waals surface area contributed by atoms with Gasteiger partial charge in [-0.05, 0) is 30.7 Å². The van der Waals surface area contributed by atoms with Crippen molar-refractivity contribution < 1.29 is 13.6 Å². The maximum atomic E-state index is 12.5. The molecule has 0 fully saturated rings. The predicted molar refractivity (Wildman–Crippen MR) is 104 cm³/mol. The first-order valence-corrected chi connectivity index (χ1v) is 9.44. The molecule has 0 aliphatic heterocycles. The van der Waals surface area contributed by atoms with E-state index in [0.717, 1.165) is 35.9 Å². The van der Waals surface area contributed by atoms with Crippen molar-refractivity contribution >= 4 is 16.8 Å². The van der Waals surface area contributed by atoms with Gasteiger partial charge in [0.2, 0.25) is 11.8 Å². The van der Waals surface area contributed by atoms with Gasteiger partial charge < -0.3 is 18.7 Å². The van der Waals surface area contributed by atoms with E-state index < -0.39 is 0 Å². The lowest BCUT2D eigenvalue weighted by atomic mass is 10.2. The summed E-state index contributed by atoms with van der Waals surface area (Å²) >= 11 is 0. The molecule has 0 saturated carbocycles. The fourth-order valence-corrected chi connectivity index (χ4v) is 3.14. The van der Waals surface area contributed by atoms with Crippen LogP contribution >= 0.6 is 0 Å². The summed E-state index contributed by atoms with van der Waals surface area (Å²) in [6.45, 7) is 2.62. The normalized spacial score (nSPS) is 11.2. The smallest absolute Gasteiger partial charge is 0.264 e. The summed E-state index contributed by atoms with van der Waals surface area (Å²) in [6, 6.07) is 13.5. The van der Waals surface area contributed by atoms with E-state index in [-0.39, 0.29) is 12.5 Å². The number of fused-ring (bicyclic) bond motifs is 1. The number of aryl methyl sites for hydroxylation is 1. The minimum absolute atomic E-state index is 0.121. The van der Waals surface area contributed by atoms with Crippen LogP contribution in [0.25, 0.3) is 22.5 Å². The summed E-state index contributed by atoms with van der Waals surface area (Å²) in [4.78, 5) is 12.5. The van der Waals surface area contributed by atoms with Crippen LogP contribution in [-0.2, 0) is 24.3 Å². The van der Waals surface area contributed by atoms with E-state index in [1.54, 1.807) is 12.3 Å². The maximum absolute atomic E-state index is 12.5. The molecule has 7 heteroatoms. The van der Waals surface area contributed by atoms with Crippen LogP contribution in [0.1, 0.15) is 31.4 Å². The number of nitrogens with one attached hydrogen (secondary N) is 1. The lowest BCUT2D eigenvalue weighted by Gasteiger charge is -2.09. The van der Waals surface area contributed by atoms with E-state index in [2.05, 4.69) is 22.4 Å². The first-order chi connectivity index (χ1) is 13.7. The third-order valence-corrected chi connectivity index (χ3v) is 4.58. The quantitative estimate of drug-likeness (QED) is 0.502. The Morgan fingerprint density at radius 3 is 2.89 bits per heavy atom. The van der Waals surface area contributed by atoms with Gasteiger partial charge >= 0.3 is 0 Å². The average molecular weight is 378 g/mol. The molecule has 144 valence electrons. The second-order valence-corrected chi connectivity index (χ2v) is 6.64. The van der Waals surface area contributed by atoms with Crippen LogP contribution in [-0.4, -0.2) is 20.7 Å². The Morgan fingerprint density at radius 2 is 2.07 bits per heavy atom. The van der Waals surface area contributed by atoms with Crippen molar-refractivity contribution in [3.05, 3.63) is 60.4 Å². The molecule has 0 unspecified atom stereocenters. The Morgan fingerprint density at radius 1 is 1.18 bits per heavy atom. The summed E-state index contributed by atoms with van der Waals surface area (Å²) in [7, 11) is 0. The van der Waals surface area contributed by atoms with Gasteiger partial charge in [-0.15, -0.1) is 10.2 Å². The van der Waals surface area contributed by atoms with Gasteiger partial charge in [0.1, 0.15) is 18.0 Å². The predicted octanol–water partition coefficient (Wildman–Crippen LogP) is 3.94. The van der Waals surface area contributed by atoms with Crippen molar-refractivity contribution in [2.24, 2.45) is 0 Å². The van der Waals surface area contributed by atoms with E-state index in [0.29, 0.717) is 24.1 Å². The molecular formula is C21H22N4O3. The highest BCUT2D eigenvalue weighted by atomic mass is 16.4. The van der Waals surface area contributed by atoms with Gasteiger partial charge in [-0.2, -0.15) is 0 Å². The number of para-hydroxylation sites is 1. The highest BCUT2D eigenvalue weighted by Gasteiger charge is 2.18. The second kappa shape index (κ2) is 8.12. The van der Waals surface area contributed by atoms with E-state index in [9.17, 15) is 4.79 Å². The van der Waals surface area contributed by atoms with Crippen LogP contribution in [0.3, 0.4) is 0 Å².